The zero-order valence-corrected chi connectivity index (χ0v) is 16.1. The molecule has 3 aromatic carbocycles. The minimum absolute atomic E-state index is 0.170. The Morgan fingerprint density at radius 3 is 2.54 bits per heavy atom. The van der Waals surface area contributed by atoms with Crippen LogP contribution in [-0.2, 0) is 4.79 Å². The minimum Gasteiger partial charge on any atom is -0.480 e. The quantitative estimate of drug-likeness (QED) is 0.570. The Labute approximate surface area is 171 Å². The van der Waals surface area contributed by atoms with Crippen molar-refractivity contribution >= 4 is 51.5 Å². The van der Waals surface area contributed by atoms with Crippen LogP contribution in [0.2, 0.25) is 10.0 Å². The van der Waals surface area contributed by atoms with Crippen molar-refractivity contribution in [1.82, 2.24) is 5.32 Å². The number of rotatable bonds is 3. The molecule has 0 spiro atoms. The number of hydrogen-bond acceptors (Lipinski definition) is 3. The van der Waals surface area contributed by atoms with Crippen molar-refractivity contribution in [2.24, 2.45) is 0 Å². The maximum absolute atomic E-state index is 12.9. The zero-order chi connectivity index (χ0) is 19.8. The summed E-state index contributed by atoms with van der Waals surface area (Å²) in [4.78, 5) is 24.4. The summed E-state index contributed by atoms with van der Waals surface area (Å²) in [5.41, 5.74) is 1.65. The molecule has 0 aliphatic carbocycles. The van der Waals surface area contributed by atoms with Crippen LogP contribution in [0.3, 0.4) is 0 Å². The van der Waals surface area contributed by atoms with Crippen LogP contribution in [0.5, 0.6) is 0 Å². The number of carbonyl (C=O) groups excluding carboxylic acids is 1. The van der Waals surface area contributed by atoms with Crippen LogP contribution < -0.4 is 10.6 Å². The second-order valence-electron chi connectivity index (χ2n) is 6.71. The molecule has 7 heteroatoms. The average molecular weight is 415 g/mol. The van der Waals surface area contributed by atoms with E-state index in [2.05, 4.69) is 10.6 Å². The van der Waals surface area contributed by atoms with Gasteiger partial charge in [0.15, 0.2) is 0 Å². The lowest BCUT2D eigenvalue weighted by molar-refractivity contribution is -0.138. The Morgan fingerprint density at radius 1 is 1.04 bits per heavy atom. The SMILES string of the molecule is O=C(NC1CC(C(=O)O)Nc2cc(Cl)cc(Cl)c21)c1ccc2ccccc2c1. The maximum atomic E-state index is 12.9. The highest BCUT2D eigenvalue weighted by Crippen LogP contribution is 2.40. The van der Waals surface area contributed by atoms with Crippen LogP contribution in [0.4, 0.5) is 5.69 Å². The molecular formula is C21H16Cl2N2O3. The minimum atomic E-state index is -1.01. The normalized spacial score (nSPS) is 18.2. The first-order chi connectivity index (χ1) is 13.4. The van der Waals surface area contributed by atoms with Gasteiger partial charge in [-0.3, -0.25) is 4.79 Å². The van der Waals surface area contributed by atoms with E-state index in [0.717, 1.165) is 10.8 Å². The summed E-state index contributed by atoms with van der Waals surface area (Å²) in [5.74, 6) is -1.30. The summed E-state index contributed by atoms with van der Waals surface area (Å²) in [7, 11) is 0. The van der Waals surface area contributed by atoms with Crippen molar-refractivity contribution < 1.29 is 14.7 Å². The number of carboxylic acids is 1. The molecule has 0 fully saturated rings. The van der Waals surface area contributed by atoms with Crippen LogP contribution in [-0.4, -0.2) is 23.0 Å². The average Bonchev–Trinajstić information content (AvgIpc) is 2.66. The molecular weight excluding hydrogens is 399 g/mol. The van der Waals surface area contributed by atoms with Gasteiger partial charge in [0.2, 0.25) is 0 Å². The maximum Gasteiger partial charge on any atom is 0.326 e. The fraction of sp³-hybridized carbons (Fsp3) is 0.143. The lowest BCUT2D eigenvalue weighted by atomic mass is 9.92. The lowest BCUT2D eigenvalue weighted by Gasteiger charge is -2.32. The number of nitrogens with one attached hydrogen (secondary N) is 2. The molecule has 0 radical (unpaired) electrons. The van der Waals surface area contributed by atoms with E-state index >= 15 is 0 Å². The molecule has 142 valence electrons. The standard InChI is InChI=1S/C21H16Cl2N2O3/c22-14-8-15(23)19-16(9-14)24-18(21(27)28)10-17(19)25-20(26)13-6-5-11-3-1-2-4-12(11)7-13/h1-9,17-18,24H,10H2,(H,25,26)(H,27,28). The molecule has 0 saturated carbocycles. The van der Waals surface area contributed by atoms with Crippen LogP contribution >= 0.6 is 23.2 Å². The van der Waals surface area contributed by atoms with Gasteiger partial charge in [0.25, 0.3) is 5.91 Å². The van der Waals surface area contributed by atoms with Crippen molar-refractivity contribution in [3.8, 4) is 0 Å². The highest BCUT2D eigenvalue weighted by Gasteiger charge is 2.33. The fourth-order valence-electron chi connectivity index (χ4n) is 3.52. The van der Waals surface area contributed by atoms with Gasteiger partial charge in [0.05, 0.1) is 6.04 Å². The van der Waals surface area contributed by atoms with Crippen molar-refractivity contribution in [2.75, 3.05) is 5.32 Å². The van der Waals surface area contributed by atoms with Crippen LogP contribution in [0.15, 0.2) is 54.6 Å². The van der Waals surface area contributed by atoms with Gasteiger partial charge in [-0.2, -0.15) is 0 Å². The number of anilines is 1. The Kier molecular flexibility index (Phi) is 4.87. The molecule has 3 aromatic rings. The van der Waals surface area contributed by atoms with Crippen molar-refractivity contribution in [3.63, 3.8) is 0 Å². The number of carboxylic acid groups (broad SMARTS) is 1. The van der Waals surface area contributed by atoms with E-state index in [-0.39, 0.29) is 12.3 Å². The van der Waals surface area contributed by atoms with E-state index in [1.54, 1.807) is 18.2 Å². The Hall–Kier alpha value is -2.76. The van der Waals surface area contributed by atoms with Gasteiger partial charge >= 0.3 is 5.97 Å². The Balaban J connectivity index is 1.67. The highest BCUT2D eigenvalue weighted by atomic mass is 35.5. The van der Waals surface area contributed by atoms with Gasteiger partial charge in [0, 0.05) is 33.3 Å². The Morgan fingerprint density at radius 2 is 1.79 bits per heavy atom. The topological polar surface area (TPSA) is 78.4 Å². The summed E-state index contributed by atoms with van der Waals surface area (Å²) in [6, 6.07) is 15.0. The molecule has 0 saturated heterocycles. The summed E-state index contributed by atoms with van der Waals surface area (Å²) in [6.07, 6.45) is 0.170. The summed E-state index contributed by atoms with van der Waals surface area (Å²) < 4.78 is 0. The second kappa shape index (κ2) is 7.34. The van der Waals surface area contributed by atoms with E-state index in [4.69, 9.17) is 23.2 Å². The molecule has 2 unspecified atom stereocenters. The number of halogens is 2. The van der Waals surface area contributed by atoms with Crippen molar-refractivity contribution in [1.29, 1.82) is 0 Å². The van der Waals surface area contributed by atoms with Crippen LogP contribution in [0.1, 0.15) is 28.4 Å². The molecule has 0 bridgehead atoms. The van der Waals surface area contributed by atoms with E-state index in [1.807, 2.05) is 36.4 Å². The first kappa shape index (κ1) is 18.6. The fourth-order valence-corrected chi connectivity index (χ4v) is 4.15. The molecule has 28 heavy (non-hydrogen) atoms. The first-order valence-electron chi connectivity index (χ1n) is 8.70. The van der Waals surface area contributed by atoms with E-state index in [0.29, 0.717) is 26.9 Å². The highest BCUT2D eigenvalue weighted by molar-refractivity contribution is 6.35. The number of amides is 1. The first-order valence-corrected chi connectivity index (χ1v) is 9.46. The Bertz CT molecular complexity index is 1100. The molecule has 4 rings (SSSR count). The third-order valence-electron chi connectivity index (χ3n) is 4.86. The summed E-state index contributed by atoms with van der Waals surface area (Å²) in [6.45, 7) is 0. The molecule has 1 amide bonds. The van der Waals surface area contributed by atoms with Gasteiger partial charge in [-0.25, -0.2) is 4.79 Å². The molecule has 1 aliphatic heterocycles. The number of hydrogen-bond donors (Lipinski definition) is 3. The summed E-state index contributed by atoms with van der Waals surface area (Å²) in [5, 5.41) is 18.1. The van der Waals surface area contributed by atoms with Gasteiger partial charge < -0.3 is 15.7 Å². The van der Waals surface area contributed by atoms with Gasteiger partial charge in [-0.1, -0.05) is 53.5 Å². The molecule has 3 N–H and O–H groups in total. The molecule has 0 aromatic heterocycles. The van der Waals surface area contributed by atoms with E-state index < -0.39 is 18.1 Å². The predicted octanol–water partition coefficient (Wildman–Crippen LogP) is 4.89. The van der Waals surface area contributed by atoms with Crippen LogP contribution in [0.25, 0.3) is 10.8 Å². The zero-order valence-electron chi connectivity index (χ0n) is 14.6. The third-order valence-corrected chi connectivity index (χ3v) is 5.39. The lowest BCUT2D eigenvalue weighted by Crippen LogP contribution is -2.41. The molecule has 1 aliphatic rings. The third kappa shape index (κ3) is 3.51. The smallest absolute Gasteiger partial charge is 0.326 e. The number of aliphatic carboxylic acids is 1. The summed E-state index contributed by atoms with van der Waals surface area (Å²) >= 11 is 12.4. The van der Waals surface area contributed by atoms with Gasteiger partial charge in [-0.15, -0.1) is 0 Å². The second-order valence-corrected chi connectivity index (χ2v) is 7.55. The molecule has 1 heterocycles. The largest absolute Gasteiger partial charge is 0.480 e. The monoisotopic (exact) mass is 414 g/mol. The van der Waals surface area contributed by atoms with E-state index in [1.165, 1.54) is 0 Å². The van der Waals surface area contributed by atoms with Crippen LogP contribution in [0, 0.1) is 0 Å². The van der Waals surface area contributed by atoms with Gasteiger partial charge in [0.1, 0.15) is 6.04 Å². The number of fused-ring (bicyclic) bond motifs is 2. The van der Waals surface area contributed by atoms with Crippen molar-refractivity contribution in [2.45, 2.75) is 18.5 Å². The van der Waals surface area contributed by atoms with Crippen molar-refractivity contribution in [3.05, 3.63) is 75.8 Å². The predicted molar refractivity (Wildman–Crippen MR) is 110 cm³/mol. The molecule has 2 atom stereocenters. The van der Waals surface area contributed by atoms with Gasteiger partial charge in [-0.05, 0) is 35.0 Å². The number of benzene rings is 3. The number of carbonyl (C=O) groups is 2. The molecule has 5 nitrogen and oxygen atoms in total. The van der Waals surface area contributed by atoms with E-state index in [9.17, 15) is 14.7 Å².